The second kappa shape index (κ2) is 13.8. The van der Waals surface area contributed by atoms with Crippen molar-refractivity contribution in [3.63, 3.8) is 0 Å². The van der Waals surface area contributed by atoms with Crippen LogP contribution in [0.5, 0.6) is 0 Å². The Kier molecular flexibility index (Phi) is 13.8. The van der Waals surface area contributed by atoms with E-state index in [1.807, 2.05) is 27.7 Å². The van der Waals surface area contributed by atoms with Crippen LogP contribution in [-0.2, 0) is 0 Å². The normalized spacial score (nSPS) is 21.4. The van der Waals surface area contributed by atoms with Crippen LogP contribution >= 0.6 is 0 Å². The summed E-state index contributed by atoms with van der Waals surface area (Å²) in [6, 6.07) is 0. The first-order valence-corrected chi connectivity index (χ1v) is 9.04. The second-order valence-electron chi connectivity index (χ2n) is 5.26. The Morgan fingerprint density at radius 1 is 0.850 bits per heavy atom. The maximum atomic E-state index is 3.42. The molecule has 3 nitrogen and oxygen atoms in total. The average Bonchev–Trinajstić information content (AvgIpc) is 2.58. The molecule has 2 saturated heterocycles. The first-order valence-electron chi connectivity index (χ1n) is 9.04. The van der Waals surface area contributed by atoms with Gasteiger partial charge in [0, 0.05) is 26.2 Å². The van der Waals surface area contributed by atoms with Gasteiger partial charge in [-0.05, 0) is 51.4 Å². The topological polar surface area (TPSA) is 18.5 Å². The average molecular weight is 286 g/mol. The van der Waals surface area contributed by atoms with Gasteiger partial charge < -0.3 is 15.1 Å². The van der Waals surface area contributed by atoms with E-state index in [0.717, 1.165) is 5.92 Å². The number of likely N-dealkylation sites (tertiary alicyclic amines) is 1. The number of rotatable bonds is 4. The summed E-state index contributed by atoms with van der Waals surface area (Å²) in [5, 5.41) is 3.42. The van der Waals surface area contributed by atoms with Crippen molar-refractivity contribution in [2.24, 2.45) is 5.92 Å². The van der Waals surface area contributed by atoms with Crippen molar-refractivity contribution in [1.29, 1.82) is 0 Å². The number of nitrogens with zero attached hydrogens (tertiary/aromatic N) is 2. The predicted octanol–water partition coefficient (Wildman–Crippen LogP) is 3.07. The van der Waals surface area contributed by atoms with Crippen LogP contribution in [0.3, 0.4) is 0 Å². The summed E-state index contributed by atoms with van der Waals surface area (Å²) in [4.78, 5) is 5.21. The van der Waals surface area contributed by atoms with Crippen LogP contribution in [0, 0.1) is 5.92 Å². The van der Waals surface area contributed by atoms with Crippen molar-refractivity contribution in [2.75, 3.05) is 52.4 Å². The minimum Gasteiger partial charge on any atom is -0.314 e. The van der Waals surface area contributed by atoms with Crippen LogP contribution < -0.4 is 5.32 Å². The van der Waals surface area contributed by atoms with E-state index in [9.17, 15) is 0 Å². The summed E-state index contributed by atoms with van der Waals surface area (Å²) < 4.78 is 0. The second-order valence-corrected chi connectivity index (χ2v) is 5.26. The molecule has 2 aliphatic rings. The summed E-state index contributed by atoms with van der Waals surface area (Å²) >= 11 is 0. The van der Waals surface area contributed by atoms with Crippen LogP contribution in [-0.4, -0.2) is 62.2 Å². The molecule has 0 aromatic carbocycles. The molecule has 0 aliphatic carbocycles. The molecule has 0 unspecified atom stereocenters. The van der Waals surface area contributed by atoms with E-state index in [-0.39, 0.29) is 0 Å². The lowest BCUT2D eigenvalue weighted by Crippen LogP contribution is -2.44. The van der Waals surface area contributed by atoms with Crippen LogP contribution in [0.4, 0.5) is 0 Å². The van der Waals surface area contributed by atoms with Crippen molar-refractivity contribution < 1.29 is 0 Å². The van der Waals surface area contributed by atoms with Crippen molar-refractivity contribution in [3.05, 3.63) is 0 Å². The molecular weight excluding hydrogens is 246 g/mol. The number of piperidine rings is 1. The van der Waals surface area contributed by atoms with Crippen molar-refractivity contribution >= 4 is 0 Å². The van der Waals surface area contributed by atoms with Gasteiger partial charge in [-0.15, -0.1) is 0 Å². The predicted molar refractivity (Wildman–Crippen MR) is 91.5 cm³/mol. The number of piperazine rings is 1. The SMILES string of the molecule is CC.CC.CCN1CCC(CCN2CCNCC2)CC1. The van der Waals surface area contributed by atoms with Crippen LogP contribution in [0.2, 0.25) is 0 Å². The van der Waals surface area contributed by atoms with E-state index in [4.69, 9.17) is 0 Å². The Morgan fingerprint density at radius 2 is 1.40 bits per heavy atom. The van der Waals surface area contributed by atoms with E-state index in [1.54, 1.807) is 0 Å². The minimum absolute atomic E-state index is 0.998. The lowest BCUT2D eigenvalue weighted by molar-refractivity contribution is 0.163. The largest absolute Gasteiger partial charge is 0.314 e. The molecule has 0 aromatic rings. The van der Waals surface area contributed by atoms with Gasteiger partial charge in [-0.25, -0.2) is 0 Å². The van der Waals surface area contributed by atoms with Crippen LogP contribution in [0.1, 0.15) is 53.9 Å². The Morgan fingerprint density at radius 3 is 1.90 bits per heavy atom. The highest BCUT2D eigenvalue weighted by Gasteiger charge is 2.19. The van der Waals surface area contributed by atoms with Crippen molar-refractivity contribution in [2.45, 2.75) is 53.9 Å². The Bertz CT molecular complexity index is 183. The van der Waals surface area contributed by atoms with Gasteiger partial charge in [-0.2, -0.15) is 0 Å². The number of hydrogen-bond donors (Lipinski definition) is 1. The quantitative estimate of drug-likeness (QED) is 0.856. The van der Waals surface area contributed by atoms with Gasteiger partial charge in [-0.3, -0.25) is 0 Å². The smallest absolute Gasteiger partial charge is 0.0107 e. The molecule has 0 radical (unpaired) electrons. The first kappa shape index (κ1) is 19.9. The molecule has 2 rings (SSSR count). The molecule has 0 aromatic heterocycles. The lowest BCUT2D eigenvalue weighted by Gasteiger charge is -2.33. The van der Waals surface area contributed by atoms with Gasteiger partial charge in [-0.1, -0.05) is 34.6 Å². The van der Waals surface area contributed by atoms with Gasteiger partial charge in [0.05, 0.1) is 0 Å². The van der Waals surface area contributed by atoms with Gasteiger partial charge in [0.25, 0.3) is 0 Å². The fourth-order valence-corrected chi connectivity index (χ4v) is 2.89. The zero-order valence-corrected chi connectivity index (χ0v) is 14.7. The monoisotopic (exact) mass is 285 g/mol. The molecule has 3 heteroatoms. The summed E-state index contributed by atoms with van der Waals surface area (Å²) in [6.07, 6.45) is 4.29. The van der Waals surface area contributed by atoms with Gasteiger partial charge in [0.2, 0.25) is 0 Å². The Hall–Kier alpha value is -0.120. The van der Waals surface area contributed by atoms with Gasteiger partial charge in [0.1, 0.15) is 0 Å². The van der Waals surface area contributed by atoms with Gasteiger partial charge >= 0.3 is 0 Å². The maximum absolute atomic E-state index is 3.42. The summed E-state index contributed by atoms with van der Waals surface area (Å²) in [5.41, 5.74) is 0. The van der Waals surface area contributed by atoms with Gasteiger partial charge in [0.15, 0.2) is 0 Å². The molecule has 0 amide bonds. The van der Waals surface area contributed by atoms with Crippen LogP contribution in [0.15, 0.2) is 0 Å². The maximum Gasteiger partial charge on any atom is 0.0107 e. The molecule has 2 heterocycles. The molecule has 0 atom stereocenters. The molecular formula is C17H39N3. The molecule has 2 aliphatic heterocycles. The summed E-state index contributed by atoms with van der Waals surface area (Å²) in [5.74, 6) is 0.998. The minimum atomic E-state index is 0.998. The standard InChI is InChI=1S/C13H27N3.2C2H6/c1-2-15-8-3-13(4-9-15)5-10-16-11-6-14-7-12-16;2*1-2/h13-14H,2-12H2,1H3;2*1-2H3. The molecule has 1 N–H and O–H groups in total. The van der Waals surface area contributed by atoms with E-state index >= 15 is 0 Å². The molecule has 0 saturated carbocycles. The van der Waals surface area contributed by atoms with E-state index in [0.29, 0.717) is 0 Å². The molecule has 0 bridgehead atoms. The zero-order chi connectivity index (χ0) is 15.2. The Balaban J connectivity index is 0.000000829. The van der Waals surface area contributed by atoms with Crippen LogP contribution in [0.25, 0.3) is 0 Å². The van der Waals surface area contributed by atoms with Crippen molar-refractivity contribution in [3.8, 4) is 0 Å². The molecule has 2 fully saturated rings. The highest BCUT2D eigenvalue weighted by atomic mass is 15.2. The molecule has 20 heavy (non-hydrogen) atoms. The lowest BCUT2D eigenvalue weighted by atomic mass is 9.93. The van der Waals surface area contributed by atoms with Crippen molar-refractivity contribution in [1.82, 2.24) is 15.1 Å². The van der Waals surface area contributed by atoms with E-state index in [2.05, 4.69) is 22.0 Å². The first-order chi connectivity index (χ1) is 9.88. The number of nitrogens with one attached hydrogen (secondary N) is 1. The third kappa shape index (κ3) is 8.23. The Labute approximate surface area is 128 Å². The zero-order valence-electron chi connectivity index (χ0n) is 14.7. The third-order valence-electron chi connectivity index (χ3n) is 4.22. The fraction of sp³-hybridized carbons (Fsp3) is 1.00. The van der Waals surface area contributed by atoms with E-state index < -0.39 is 0 Å². The number of hydrogen-bond acceptors (Lipinski definition) is 3. The molecule has 122 valence electrons. The molecule has 0 spiro atoms. The fourth-order valence-electron chi connectivity index (χ4n) is 2.89. The summed E-state index contributed by atoms with van der Waals surface area (Å²) in [6.45, 7) is 20.4. The van der Waals surface area contributed by atoms with E-state index in [1.165, 1.54) is 71.6 Å². The summed E-state index contributed by atoms with van der Waals surface area (Å²) in [7, 11) is 0. The highest BCUT2D eigenvalue weighted by Crippen LogP contribution is 2.20. The highest BCUT2D eigenvalue weighted by molar-refractivity contribution is 4.74. The third-order valence-corrected chi connectivity index (χ3v) is 4.22.